The van der Waals surface area contributed by atoms with E-state index in [2.05, 4.69) is 34.3 Å². The van der Waals surface area contributed by atoms with E-state index < -0.39 is 0 Å². The van der Waals surface area contributed by atoms with Gasteiger partial charge in [0, 0.05) is 17.0 Å². The van der Waals surface area contributed by atoms with Crippen molar-refractivity contribution in [3.05, 3.63) is 65.2 Å². The molecule has 4 rings (SSSR count). The van der Waals surface area contributed by atoms with Crippen LogP contribution in [0.5, 0.6) is 0 Å². The molecule has 0 fully saturated rings. The van der Waals surface area contributed by atoms with E-state index in [-0.39, 0.29) is 5.91 Å². The molecule has 0 aliphatic carbocycles. The van der Waals surface area contributed by atoms with Crippen LogP contribution in [0.25, 0.3) is 21.1 Å². The molecule has 5 heteroatoms. The van der Waals surface area contributed by atoms with Gasteiger partial charge < -0.3 is 5.32 Å². The molecule has 0 radical (unpaired) electrons. The number of aromatic nitrogens is 2. The Hall–Kier alpha value is -2.79. The van der Waals surface area contributed by atoms with E-state index in [1.807, 2.05) is 30.3 Å². The minimum Gasteiger partial charge on any atom is -0.306 e. The zero-order valence-corrected chi connectivity index (χ0v) is 13.2. The molecule has 1 N–H and O–H groups in total. The smallest absolute Gasteiger partial charge is 0.266 e. The highest BCUT2D eigenvalue weighted by molar-refractivity contribution is 7.20. The number of hydrogen-bond donors (Lipinski definition) is 1. The lowest BCUT2D eigenvalue weighted by atomic mass is 10.1. The van der Waals surface area contributed by atoms with Crippen molar-refractivity contribution in [2.45, 2.75) is 6.92 Å². The normalized spacial score (nSPS) is 11.0. The Morgan fingerprint density at radius 3 is 2.83 bits per heavy atom. The van der Waals surface area contributed by atoms with E-state index in [1.165, 1.54) is 16.9 Å². The fourth-order valence-corrected chi connectivity index (χ4v) is 3.40. The summed E-state index contributed by atoms with van der Waals surface area (Å²) < 4.78 is 0. The predicted octanol–water partition coefficient (Wildman–Crippen LogP) is 4.41. The molecule has 0 saturated heterocycles. The first-order chi connectivity index (χ1) is 11.2. The molecule has 4 nitrogen and oxygen atoms in total. The number of thiophene rings is 1. The number of rotatable bonds is 2. The quantitative estimate of drug-likeness (QED) is 0.595. The second-order valence-corrected chi connectivity index (χ2v) is 6.39. The van der Waals surface area contributed by atoms with Gasteiger partial charge in [-0.1, -0.05) is 17.7 Å². The summed E-state index contributed by atoms with van der Waals surface area (Å²) >= 11 is 1.39. The Morgan fingerprint density at radius 1 is 1.09 bits per heavy atom. The summed E-state index contributed by atoms with van der Waals surface area (Å²) in [4.78, 5) is 22.6. The second kappa shape index (κ2) is 5.44. The Morgan fingerprint density at radius 2 is 2.00 bits per heavy atom. The van der Waals surface area contributed by atoms with Gasteiger partial charge in [0.05, 0.1) is 10.4 Å². The third kappa shape index (κ3) is 2.66. The van der Waals surface area contributed by atoms with E-state index in [1.54, 1.807) is 12.3 Å². The standard InChI is InChI=1S/C18H13N3OS/c1-11-5-6-14-12(8-11)9-13-10-15(23-18(13)20-14)17(22)21-16-4-2-3-7-19-16/h2-10H,1H3,(H,19,21,22). The fourth-order valence-electron chi connectivity index (χ4n) is 2.48. The summed E-state index contributed by atoms with van der Waals surface area (Å²) in [6.07, 6.45) is 1.65. The van der Waals surface area contributed by atoms with Gasteiger partial charge in [0.25, 0.3) is 5.91 Å². The molecule has 3 heterocycles. The fraction of sp³-hybridized carbons (Fsp3) is 0.0556. The number of nitrogens with zero attached hydrogens (tertiary/aromatic N) is 2. The number of pyridine rings is 2. The Kier molecular flexibility index (Phi) is 3.28. The van der Waals surface area contributed by atoms with Crippen LogP contribution in [-0.2, 0) is 0 Å². The van der Waals surface area contributed by atoms with Crippen LogP contribution in [0.15, 0.2) is 54.7 Å². The van der Waals surface area contributed by atoms with Crippen molar-refractivity contribution in [1.29, 1.82) is 0 Å². The van der Waals surface area contributed by atoms with E-state index >= 15 is 0 Å². The van der Waals surface area contributed by atoms with E-state index in [0.29, 0.717) is 10.7 Å². The number of nitrogens with one attached hydrogen (secondary N) is 1. The van der Waals surface area contributed by atoms with E-state index in [9.17, 15) is 4.79 Å². The van der Waals surface area contributed by atoms with Crippen molar-refractivity contribution >= 4 is 44.2 Å². The van der Waals surface area contributed by atoms with Gasteiger partial charge in [-0.3, -0.25) is 4.79 Å². The largest absolute Gasteiger partial charge is 0.306 e. The summed E-state index contributed by atoms with van der Waals surface area (Å²) in [5, 5.41) is 4.88. The molecule has 1 amide bonds. The molecule has 0 aliphatic rings. The zero-order valence-electron chi connectivity index (χ0n) is 12.4. The first kappa shape index (κ1) is 13.8. The molecule has 1 aromatic carbocycles. The van der Waals surface area contributed by atoms with Crippen molar-refractivity contribution in [3.8, 4) is 0 Å². The van der Waals surface area contributed by atoms with Crippen LogP contribution in [0.1, 0.15) is 15.2 Å². The number of fused-ring (bicyclic) bond motifs is 2. The number of aryl methyl sites for hydroxylation is 1. The summed E-state index contributed by atoms with van der Waals surface area (Å²) in [5.41, 5.74) is 2.14. The van der Waals surface area contributed by atoms with Gasteiger partial charge >= 0.3 is 0 Å². The van der Waals surface area contributed by atoms with Gasteiger partial charge in [0.15, 0.2) is 0 Å². The van der Waals surface area contributed by atoms with Gasteiger partial charge in [0.1, 0.15) is 10.6 Å². The maximum absolute atomic E-state index is 12.4. The Balaban J connectivity index is 1.73. The number of benzene rings is 1. The van der Waals surface area contributed by atoms with Gasteiger partial charge in [-0.05, 0) is 43.3 Å². The van der Waals surface area contributed by atoms with Crippen molar-refractivity contribution in [2.24, 2.45) is 0 Å². The molecule has 0 unspecified atom stereocenters. The lowest BCUT2D eigenvalue weighted by Crippen LogP contribution is -2.10. The van der Waals surface area contributed by atoms with Crippen LogP contribution in [-0.4, -0.2) is 15.9 Å². The first-order valence-corrected chi connectivity index (χ1v) is 8.04. The van der Waals surface area contributed by atoms with Gasteiger partial charge in [0.2, 0.25) is 0 Å². The van der Waals surface area contributed by atoms with Crippen molar-refractivity contribution in [1.82, 2.24) is 9.97 Å². The highest BCUT2D eigenvalue weighted by Gasteiger charge is 2.12. The molecule has 0 bridgehead atoms. The average molecular weight is 319 g/mol. The van der Waals surface area contributed by atoms with Crippen LogP contribution in [0.4, 0.5) is 5.82 Å². The number of carbonyl (C=O) groups excluding carboxylic acids is 1. The van der Waals surface area contributed by atoms with Crippen LogP contribution >= 0.6 is 11.3 Å². The third-order valence-electron chi connectivity index (χ3n) is 3.59. The molecule has 4 aromatic rings. The van der Waals surface area contributed by atoms with Gasteiger partial charge in [-0.15, -0.1) is 11.3 Å². The summed E-state index contributed by atoms with van der Waals surface area (Å²) in [7, 11) is 0. The average Bonchev–Trinajstić information content (AvgIpc) is 2.96. The van der Waals surface area contributed by atoms with E-state index in [0.717, 1.165) is 21.1 Å². The van der Waals surface area contributed by atoms with Crippen molar-refractivity contribution < 1.29 is 4.79 Å². The van der Waals surface area contributed by atoms with Crippen LogP contribution in [0.3, 0.4) is 0 Å². The molecular formula is C18H13N3OS. The van der Waals surface area contributed by atoms with Crippen LogP contribution in [0, 0.1) is 6.92 Å². The minimum atomic E-state index is -0.160. The molecule has 0 saturated carbocycles. The first-order valence-electron chi connectivity index (χ1n) is 7.22. The van der Waals surface area contributed by atoms with Gasteiger partial charge in [-0.25, -0.2) is 9.97 Å². The molecule has 0 spiro atoms. The molecule has 23 heavy (non-hydrogen) atoms. The van der Waals surface area contributed by atoms with E-state index in [4.69, 9.17) is 0 Å². The molecular weight excluding hydrogens is 306 g/mol. The number of carbonyl (C=O) groups is 1. The number of hydrogen-bond acceptors (Lipinski definition) is 4. The second-order valence-electron chi connectivity index (χ2n) is 5.36. The minimum absolute atomic E-state index is 0.160. The third-order valence-corrected chi connectivity index (χ3v) is 4.63. The molecule has 0 atom stereocenters. The molecule has 112 valence electrons. The maximum atomic E-state index is 12.4. The highest BCUT2D eigenvalue weighted by Crippen LogP contribution is 2.28. The zero-order chi connectivity index (χ0) is 15.8. The summed E-state index contributed by atoms with van der Waals surface area (Å²) in [6.45, 7) is 2.06. The SMILES string of the molecule is Cc1ccc2nc3sc(C(=O)Nc4ccccn4)cc3cc2c1. The van der Waals surface area contributed by atoms with Crippen LogP contribution in [0.2, 0.25) is 0 Å². The van der Waals surface area contributed by atoms with Crippen molar-refractivity contribution in [3.63, 3.8) is 0 Å². The topological polar surface area (TPSA) is 54.9 Å². The number of anilines is 1. The Bertz CT molecular complexity index is 1020. The Labute approximate surface area is 136 Å². The van der Waals surface area contributed by atoms with Crippen LogP contribution < -0.4 is 5.32 Å². The summed E-state index contributed by atoms with van der Waals surface area (Å²) in [5.74, 6) is 0.385. The number of amides is 1. The monoisotopic (exact) mass is 319 g/mol. The lowest BCUT2D eigenvalue weighted by Gasteiger charge is -2.00. The van der Waals surface area contributed by atoms with Gasteiger partial charge in [-0.2, -0.15) is 0 Å². The molecule has 3 aromatic heterocycles. The lowest BCUT2D eigenvalue weighted by molar-refractivity contribution is 0.103. The van der Waals surface area contributed by atoms with Crippen molar-refractivity contribution in [2.75, 3.05) is 5.32 Å². The highest BCUT2D eigenvalue weighted by atomic mass is 32.1. The molecule has 0 aliphatic heterocycles. The predicted molar refractivity (Wildman–Crippen MR) is 94.1 cm³/mol. The summed E-state index contributed by atoms with van der Waals surface area (Å²) in [6, 6.07) is 15.5. The maximum Gasteiger partial charge on any atom is 0.266 e.